The molecular weight excluding hydrogens is 446 g/mol. The first kappa shape index (κ1) is 24.3. The molecule has 1 atom stereocenters. The van der Waals surface area contributed by atoms with Crippen molar-refractivity contribution in [1.29, 1.82) is 0 Å². The molecular formula is C31H35N3O2. The minimum atomic E-state index is 0.278. The van der Waals surface area contributed by atoms with E-state index in [4.69, 9.17) is 9.40 Å². The molecule has 0 radical (unpaired) electrons. The molecule has 5 nitrogen and oxygen atoms in total. The van der Waals surface area contributed by atoms with Crippen molar-refractivity contribution in [2.24, 2.45) is 5.92 Å². The van der Waals surface area contributed by atoms with Crippen LogP contribution in [0.15, 0.2) is 77.7 Å². The quantitative estimate of drug-likeness (QED) is 0.256. The lowest BCUT2D eigenvalue weighted by molar-refractivity contribution is 0.170. The Kier molecular flexibility index (Phi) is 7.47. The van der Waals surface area contributed by atoms with E-state index >= 15 is 0 Å². The Bertz CT molecular complexity index is 1310. The van der Waals surface area contributed by atoms with Crippen molar-refractivity contribution in [2.45, 2.75) is 45.4 Å². The van der Waals surface area contributed by atoms with E-state index in [1.807, 2.05) is 18.2 Å². The Morgan fingerprint density at radius 3 is 2.64 bits per heavy atom. The van der Waals surface area contributed by atoms with Crippen LogP contribution in [-0.2, 0) is 12.8 Å². The Hall–Kier alpha value is -3.44. The third kappa shape index (κ3) is 5.36. The molecule has 1 fully saturated rings. The Balaban J connectivity index is 1.50. The van der Waals surface area contributed by atoms with Crippen molar-refractivity contribution in [2.75, 3.05) is 19.6 Å². The molecule has 5 rings (SSSR count). The van der Waals surface area contributed by atoms with Crippen LogP contribution in [0.5, 0.6) is 0 Å². The van der Waals surface area contributed by atoms with E-state index < -0.39 is 0 Å². The number of fused-ring (bicyclic) bond motifs is 1. The highest BCUT2D eigenvalue weighted by Crippen LogP contribution is 2.42. The molecule has 2 aromatic heterocycles. The van der Waals surface area contributed by atoms with Gasteiger partial charge in [0.05, 0.1) is 16.8 Å². The largest absolute Gasteiger partial charge is 0.513 e. The molecule has 4 aromatic rings. The third-order valence-electron chi connectivity index (χ3n) is 7.28. The van der Waals surface area contributed by atoms with Crippen LogP contribution in [0.2, 0.25) is 0 Å². The summed E-state index contributed by atoms with van der Waals surface area (Å²) in [7, 11) is 0. The lowest BCUT2D eigenvalue weighted by Gasteiger charge is -2.32. The predicted molar refractivity (Wildman–Crippen MR) is 146 cm³/mol. The fraction of sp³-hybridized carbons (Fsp3) is 0.355. The van der Waals surface area contributed by atoms with Gasteiger partial charge in [0.25, 0.3) is 0 Å². The van der Waals surface area contributed by atoms with Crippen molar-refractivity contribution >= 4 is 11.1 Å². The van der Waals surface area contributed by atoms with E-state index in [9.17, 15) is 5.11 Å². The normalized spacial score (nSPS) is 16.4. The van der Waals surface area contributed by atoms with Crippen LogP contribution >= 0.6 is 0 Å². The second kappa shape index (κ2) is 11.1. The van der Waals surface area contributed by atoms with Crippen LogP contribution in [0.25, 0.3) is 33.6 Å². The van der Waals surface area contributed by atoms with Crippen molar-refractivity contribution < 1.29 is 9.52 Å². The summed E-state index contributed by atoms with van der Waals surface area (Å²) in [6, 6.07) is 19.1. The number of allylic oxidation sites excluding steroid dienone is 1. The van der Waals surface area contributed by atoms with Crippen LogP contribution < -0.4 is 0 Å². The highest BCUT2D eigenvalue weighted by molar-refractivity contribution is 6.01. The van der Waals surface area contributed by atoms with Gasteiger partial charge >= 0.3 is 0 Å². The molecule has 186 valence electrons. The predicted octanol–water partition coefficient (Wildman–Crippen LogP) is 7.23. The summed E-state index contributed by atoms with van der Waals surface area (Å²) in [6.07, 6.45) is 7.55. The molecule has 0 amide bonds. The van der Waals surface area contributed by atoms with E-state index in [2.05, 4.69) is 59.8 Å². The summed E-state index contributed by atoms with van der Waals surface area (Å²) < 4.78 is 6.43. The molecule has 0 unspecified atom stereocenters. The summed E-state index contributed by atoms with van der Waals surface area (Å²) in [5.41, 5.74) is 6.30. The van der Waals surface area contributed by atoms with Gasteiger partial charge in [0.15, 0.2) is 0 Å². The molecule has 0 aliphatic carbocycles. The van der Waals surface area contributed by atoms with E-state index in [1.54, 1.807) is 6.33 Å². The summed E-state index contributed by atoms with van der Waals surface area (Å²) in [4.78, 5) is 11.9. The molecule has 0 spiro atoms. The minimum Gasteiger partial charge on any atom is -0.513 e. The van der Waals surface area contributed by atoms with Gasteiger partial charge in [-0.05, 0) is 62.2 Å². The van der Waals surface area contributed by atoms with Gasteiger partial charge in [-0.2, -0.15) is 0 Å². The van der Waals surface area contributed by atoms with Crippen LogP contribution in [0.3, 0.4) is 0 Å². The topological polar surface area (TPSA) is 62.4 Å². The van der Waals surface area contributed by atoms with Crippen LogP contribution in [0, 0.1) is 5.92 Å². The molecule has 1 N–H and O–H groups in total. The van der Waals surface area contributed by atoms with Crippen LogP contribution in [0.4, 0.5) is 0 Å². The molecule has 1 saturated heterocycles. The van der Waals surface area contributed by atoms with E-state index in [0.29, 0.717) is 18.1 Å². The number of aryl methyl sites for hydroxylation is 1. The average Bonchev–Trinajstić information content (AvgIpc) is 3.30. The van der Waals surface area contributed by atoms with Gasteiger partial charge in [-0.1, -0.05) is 68.1 Å². The van der Waals surface area contributed by atoms with Gasteiger partial charge in [0, 0.05) is 24.1 Å². The first-order valence-electron chi connectivity index (χ1n) is 13.1. The Morgan fingerprint density at radius 2 is 1.89 bits per heavy atom. The standard InChI is InChI=1S/C31H35N3O2/c1-3-23-13-15-25(16-14-23)28-29-27(19-24-10-8-18-34(20-24)17-7-9-22(2)35)32-21-33-31(29)36-30(28)26-11-5-4-6-12-26/h4-6,11-16,21,24,35H,2-3,7-10,17-20H2,1H3/t24-/m0/s1. The van der Waals surface area contributed by atoms with E-state index in [-0.39, 0.29) is 5.76 Å². The first-order chi connectivity index (χ1) is 17.6. The number of likely N-dealkylation sites (tertiary alicyclic amines) is 1. The molecule has 2 aromatic carbocycles. The molecule has 36 heavy (non-hydrogen) atoms. The summed E-state index contributed by atoms with van der Waals surface area (Å²) in [5, 5.41) is 10.5. The van der Waals surface area contributed by atoms with Gasteiger partial charge in [0.2, 0.25) is 5.71 Å². The minimum absolute atomic E-state index is 0.278. The summed E-state index contributed by atoms with van der Waals surface area (Å²) in [6.45, 7) is 8.96. The number of benzene rings is 2. The monoisotopic (exact) mass is 481 g/mol. The fourth-order valence-corrected chi connectivity index (χ4v) is 5.42. The van der Waals surface area contributed by atoms with Crippen LogP contribution in [-0.4, -0.2) is 39.6 Å². The van der Waals surface area contributed by atoms with E-state index in [0.717, 1.165) is 72.4 Å². The zero-order valence-electron chi connectivity index (χ0n) is 21.1. The maximum absolute atomic E-state index is 9.43. The van der Waals surface area contributed by atoms with Gasteiger partial charge in [-0.3, -0.25) is 0 Å². The van der Waals surface area contributed by atoms with Crippen molar-refractivity contribution in [3.8, 4) is 22.5 Å². The maximum atomic E-state index is 9.43. The SMILES string of the molecule is C=C(O)CCCN1CCC[C@@H](Cc2ncnc3oc(-c4ccccc4)c(-c4ccc(CC)cc4)c23)C1. The Morgan fingerprint density at radius 1 is 1.08 bits per heavy atom. The lowest BCUT2D eigenvalue weighted by Crippen LogP contribution is -2.37. The number of hydrogen-bond donors (Lipinski definition) is 1. The number of nitrogens with zero attached hydrogens (tertiary/aromatic N) is 3. The fourth-order valence-electron chi connectivity index (χ4n) is 5.42. The van der Waals surface area contributed by atoms with Crippen molar-refractivity contribution in [3.05, 3.63) is 84.5 Å². The number of hydrogen-bond acceptors (Lipinski definition) is 5. The highest BCUT2D eigenvalue weighted by Gasteiger charge is 2.25. The third-order valence-corrected chi connectivity index (χ3v) is 7.28. The molecule has 1 aliphatic heterocycles. The van der Waals surface area contributed by atoms with E-state index in [1.165, 1.54) is 18.4 Å². The first-order valence-corrected chi connectivity index (χ1v) is 13.1. The number of aliphatic hydroxyl groups is 1. The Labute approximate surface area is 213 Å². The zero-order valence-corrected chi connectivity index (χ0v) is 21.1. The van der Waals surface area contributed by atoms with Crippen molar-refractivity contribution in [3.63, 3.8) is 0 Å². The molecule has 0 bridgehead atoms. The maximum Gasteiger partial charge on any atom is 0.230 e. The number of furan rings is 1. The van der Waals surface area contributed by atoms with Gasteiger partial charge in [0.1, 0.15) is 12.1 Å². The smallest absolute Gasteiger partial charge is 0.230 e. The number of aliphatic hydroxyl groups excluding tert-OH is 1. The van der Waals surface area contributed by atoms with Crippen LogP contribution in [0.1, 0.15) is 43.9 Å². The molecule has 5 heteroatoms. The van der Waals surface area contributed by atoms with Gasteiger partial charge in [-0.15, -0.1) is 0 Å². The summed E-state index contributed by atoms with van der Waals surface area (Å²) >= 11 is 0. The van der Waals surface area contributed by atoms with Crippen molar-refractivity contribution in [1.82, 2.24) is 14.9 Å². The molecule has 0 saturated carbocycles. The van der Waals surface area contributed by atoms with Gasteiger partial charge < -0.3 is 14.4 Å². The van der Waals surface area contributed by atoms with Gasteiger partial charge in [-0.25, -0.2) is 9.97 Å². The second-order valence-corrected chi connectivity index (χ2v) is 9.91. The zero-order chi connectivity index (χ0) is 24.9. The summed E-state index contributed by atoms with van der Waals surface area (Å²) in [5.74, 6) is 1.66. The lowest BCUT2D eigenvalue weighted by atomic mass is 9.90. The number of rotatable bonds is 9. The highest BCUT2D eigenvalue weighted by atomic mass is 16.3. The molecule has 1 aliphatic rings. The number of aromatic nitrogens is 2. The second-order valence-electron chi connectivity index (χ2n) is 9.91. The average molecular weight is 482 g/mol. The molecule has 3 heterocycles. The number of piperidine rings is 1.